The Bertz CT molecular complexity index is 630. The zero-order chi connectivity index (χ0) is 14.7. The Morgan fingerprint density at radius 2 is 2.05 bits per heavy atom. The number of rotatable bonds is 4. The number of alkyl halides is 1. The van der Waals surface area contributed by atoms with Gasteiger partial charge in [0.1, 0.15) is 11.5 Å². The molecule has 2 nitrogen and oxygen atoms in total. The summed E-state index contributed by atoms with van der Waals surface area (Å²) < 4.78 is 12.7. The van der Waals surface area contributed by atoms with Gasteiger partial charge >= 0.3 is 0 Å². The van der Waals surface area contributed by atoms with Crippen molar-refractivity contribution >= 4 is 27.5 Å². The van der Waals surface area contributed by atoms with E-state index in [9.17, 15) is 0 Å². The van der Waals surface area contributed by atoms with Crippen molar-refractivity contribution in [2.75, 3.05) is 13.2 Å². The minimum Gasteiger partial charge on any atom is -0.493 e. The van der Waals surface area contributed by atoms with E-state index in [1.807, 2.05) is 36.4 Å². The van der Waals surface area contributed by atoms with Crippen molar-refractivity contribution in [2.45, 2.75) is 18.2 Å². The van der Waals surface area contributed by atoms with Crippen LogP contribution in [0.2, 0.25) is 0 Å². The molecule has 2 aromatic carbocycles. The zero-order valence-electron chi connectivity index (χ0n) is 11.5. The maximum Gasteiger partial charge on any atom is 0.137 e. The second-order valence-electron chi connectivity index (χ2n) is 5.04. The highest BCUT2D eigenvalue weighted by molar-refractivity contribution is 9.10. The molecule has 0 bridgehead atoms. The maximum atomic E-state index is 6.07. The third-order valence-electron chi connectivity index (χ3n) is 3.70. The molecule has 110 valence electrons. The molecule has 21 heavy (non-hydrogen) atoms. The van der Waals surface area contributed by atoms with Crippen molar-refractivity contribution in [2.24, 2.45) is 0 Å². The van der Waals surface area contributed by atoms with Crippen molar-refractivity contribution in [1.82, 2.24) is 0 Å². The Labute approximate surface area is 138 Å². The van der Waals surface area contributed by atoms with Gasteiger partial charge in [-0.15, -0.1) is 11.6 Å². The van der Waals surface area contributed by atoms with Crippen LogP contribution in [0, 0.1) is 0 Å². The zero-order valence-corrected chi connectivity index (χ0v) is 13.9. The molecule has 0 amide bonds. The molecule has 4 heteroatoms. The molecule has 0 saturated heterocycles. The summed E-state index contributed by atoms with van der Waals surface area (Å²) in [4.78, 5) is 0. The quantitative estimate of drug-likeness (QED) is 0.697. The topological polar surface area (TPSA) is 18.5 Å². The van der Waals surface area contributed by atoms with Gasteiger partial charge in [0.15, 0.2) is 0 Å². The molecule has 0 fully saturated rings. The highest BCUT2D eigenvalue weighted by Gasteiger charge is 2.22. The van der Waals surface area contributed by atoms with Crippen LogP contribution in [0.3, 0.4) is 0 Å². The monoisotopic (exact) mass is 366 g/mol. The predicted octanol–water partition coefficient (Wildman–Crippen LogP) is 5.13. The van der Waals surface area contributed by atoms with Crippen LogP contribution in [0.1, 0.15) is 23.5 Å². The largest absolute Gasteiger partial charge is 0.493 e. The van der Waals surface area contributed by atoms with Crippen LogP contribution >= 0.6 is 27.5 Å². The summed E-state index contributed by atoms with van der Waals surface area (Å²) in [6.07, 6.45) is 0.970. The number of hydrogen-bond donors (Lipinski definition) is 0. The normalized spacial score (nSPS) is 17.0. The second kappa shape index (κ2) is 6.71. The van der Waals surface area contributed by atoms with Gasteiger partial charge < -0.3 is 9.47 Å². The van der Waals surface area contributed by atoms with Crippen molar-refractivity contribution in [3.8, 4) is 11.5 Å². The van der Waals surface area contributed by atoms with Gasteiger partial charge in [-0.1, -0.05) is 30.3 Å². The first kappa shape index (κ1) is 14.7. The molecule has 3 rings (SSSR count). The van der Waals surface area contributed by atoms with Gasteiger partial charge in [-0.3, -0.25) is 0 Å². The Hall–Kier alpha value is -1.19. The second-order valence-corrected chi connectivity index (χ2v) is 6.17. The van der Waals surface area contributed by atoms with Crippen molar-refractivity contribution < 1.29 is 9.47 Å². The molecule has 1 atom stereocenters. The average Bonchev–Trinajstić information content (AvgIpc) is 2.53. The minimum atomic E-state index is 0.352. The molecule has 0 saturated carbocycles. The average molecular weight is 368 g/mol. The Balaban J connectivity index is 1.78. The molecule has 0 aliphatic carbocycles. The fourth-order valence-corrected chi connectivity index (χ4v) is 3.33. The van der Waals surface area contributed by atoms with E-state index in [4.69, 9.17) is 21.1 Å². The molecule has 1 aliphatic rings. The molecular formula is C17H16BrClO2. The van der Waals surface area contributed by atoms with E-state index in [0.717, 1.165) is 34.6 Å². The van der Waals surface area contributed by atoms with Crippen molar-refractivity contribution in [3.05, 3.63) is 58.1 Å². The van der Waals surface area contributed by atoms with Gasteiger partial charge in [0.05, 0.1) is 23.6 Å². The summed E-state index contributed by atoms with van der Waals surface area (Å²) in [7, 11) is 0. The van der Waals surface area contributed by atoms with Gasteiger partial charge in [-0.2, -0.15) is 0 Å². The maximum absolute atomic E-state index is 6.07. The Morgan fingerprint density at radius 1 is 1.19 bits per heavy atom. The number of ether oxygens (including phenoxy) is 2. The van der Waals surface area contributed by atoms with Crippen LogP contribution in [0.25, 0.3) is 0 Å². The summed E-state index contributed by atoms with van der Waals surface area (Å²) >= 11 is 9.52. The number of para-hydroxylation sites is 2. The number of halogens is 2. The SMILES string of the molecule is ClCc1cccc(Br)c1OCC1CCOc2ccccc21. The highest BCUT2D eigenvalue weighted by atomic mass is 79.9. The first-order valence-electron chi connectivity index (χ1n) is 6.97. The molecule has 0 aromatic heterocycles. The summed E-state index contributed by atoms with van der Waals surface area (Å²) in [5, 5.41) is 0. The summed E-state index contributed by atoms with van der Waals surface area (Å²) in [6, 6.07) is 14.1. The van der Waals surface area contributed by atoms with Gasteiger partial charge in [0.25, 0.3) is 0 Å². The fourth-order valence-electron chi connectivity index (χ4n) is 2.59. The van der Waals surface area contributed by atoms with E-state index in [-0.39, 0.29) is 0 Å². The number of benzene rings is 2. The van der Waals surface area contributed by atoms with E-state index < -0.39 is 0 Å². The van der Waals surface area contributed by atoms with Crippen LogP contribution < -0.4 is 9.47 Å². The molecule has 1 unspecified atom stereocenters. The van der Waals surface area contributed by atoms with Crippen molar-refractivity contribution in [1.29, 1.82) is 0 Å². The van der Waals surface area contributed by atoms with Crippen LogP contribution in [-0.4, -0.2) is 13.2 Å². The summed E-state index contributed by atoms with van der Waals surface area (Å²) in [5.74, 6) is 2.61. The Morgan fingerprint density at radius 3 is 2.90 bits per heavy atom. The first-order valence-corrected chi connectivity index (χ1v) is 8.30. The van der Waals surface area contributed by atoms with Gasteiger partial charge in [-0.05, 0) is 34.5 Å². The minimum absolute atomic E-state index is 0.352. The molecule has 0 radical (unpaired) electrons. The van der Waals surface area contributed by atoms with Crippen LogP contribution in [0.5, 0.6) is 11.5 Å². The van der Waals surface area contributed by atoms with E-state index in [2.05, 4.69) is 22.0 Å². The standard InChI is InChI=1S/C17H16BrClO2/c18-15-6-3-4-12(10-19)17(15)21-11-13-8-9-20-16-7-2-1-5-14(13)16/h1-7,13H,8-11H2. The van der Waals surface area contributed by atoms with E-state index >= 15 is 0 Å². The lowest BCUT2D eigenvalue weighted by Crippen LogP contribution is -2.19. The van der Waals surface area contributed by atoms with E-state index in [1.165, 1.54) is 5.56 Å². The van der Waals surface area contributed by atoms with E-state index in [1.54, 1.807) is 0 Å². The van der Waals surface area contributed by atoms with Crippen LogP contribution in [-0.2, 0) is 5.88 Å². The lowest BCUT2D eigenvalue weighted by atomic mass is 9.94. The number of fused-ring (bicyclic) bond motifs is 1. The van der Waals surface area contributed by atoms with Crippen LogP contribution in [0.4, 0.5) is 0 Å². The molecule has 1 heterocycles. The number of hydrogen-bond acceptors (Lipinski definition) is 2. The van der Waals surface area contributed by atoms with Gasteiger partial charge in [0, 0.05) is 17.0 Å². The summed E-state index contributed by atoms with van der Waals surface area (Å²) in [6.45, 7) is 1.37. The first-order chi connectivity index (χ1) is 10.3. The predicted molar refractivity (Wildman–Crippen MR) is 88.5 cm³/mol. The van der Waals surface area contributed by atoms with Crippen LogP contribution in [0.15, 0.2) is 46.9 Å². The smallest absolute Gasteiger partial charge is 0.137 e. The lowest BCUT2D eigenvalue weighted by Gasteiger charge is -2.26. The Kier molecular flexibility index (Phi) is 4.71. The summed E-state index contributed by atoms with van der Waals surface area (Å²) in [5.41, 5.74) is 2.23. The molecule has 1 aliphatic heterocycles. The fraction of sp³-hybridized carbons (Fsp3) is 0.294. The third-order valence-corrected chi connectivity index (χ3v) is 4.62. The highest BCUT2D eigenvalue weighted by Crippen LogP contribution is 2.36. The molecule has 0 spiro atoms. The molecular weight excluding hydrogens is 352 g/mol. The molecule has 2 aromatic rings. The van der Waals surface area contributed by atoms with E-state index in [0.29, 0.717) is 18.4 Å². The third kappa shape index (κ3) is 3.19. The lowest BCUT2D eigenvalue weighted by molar-refractivity contribution is 0.216. The van der Waals surface area contributed by atoms with Gasteiger partial charge in [0.2, 0.25) is 0 Å². The van der Waals surface area contributed by atoms with Crippen molar-refractivity contribution in [3.63, 3.8) is 0 Å². The van der Waals surface area contributed by atoms with Gasteiger partial charge in [-0.25, -0.2) is 0 Å². The molecule has 0 N–H and O–H groups in total.